The van der Waals surface area contributed by atoms with Gasteiger partial charge in [-0.25, -0.2) is 13.6 Å². The highest BCUT2D eigenvalue weighted by atomic mass is 35.5. The topological polar surface area (TPSA) is 74.6 Å². The summed E-state index contributed by atoms with van der Waals surface area (Å²) in [4.78, 5) is 22.0. The minimum atomic E-state index is -2.88. The Kier molecular flexibility index (Phi) is 5.38. The first-order valence-electron chi connectivity index (χ1n) is 5.26. The second kappa shape index (κ2) is 6.58. The minimum absolute atomic E-state index is 0.182. The number of aliphatic hydroxyl groups excluding tert-OH is 1. The van der Waals surface area contributed by atoms with Crippen LogP contribution in [0.25, 0.3) is 0 Å². The Balaban J connectivity index is 3.33. The summed E-state index contributed by atoms with van der Waals surface area (Å²) >= 11 is 5.31. The molecule has 0 aliphatic rings. The summed E-state index contributed by atoms with van der Waals surface area (Å²) in [7, 11) is 0. The fourth-order valence-corrected chi connectivity index (χ4v) is 1.76. The van der Waals surface area contributed by atoms with Crippen LogP contribution in [-0.2, 0) is 16.0 Å². The van der Waals surface area contributed by atoms with Crippen LogP contribution in [0, 0.1) is 0 Å². The van der Waals surface area contributed by atoms with Crippen molar-refractivity contribution in [3.63, 3.8) is 0 Å². The van der Waals surface area contributed by atoms with E-state index in [4.69, 9.17) is 16.7 Å². The molecule has 7 heteroatoms. The molecule has 0 bridgehead atoms. The number of carboxylic acid groups (broad SMARTS) is 1. The molecule has 4 nitrogen and oxygen atoms in total. The van der Waals surface area contributed by atoms with Crippen molar-refractivity contribution >= 4 is 23.4 Å². The average molecular weight is 293 g/mol. The van der Waals surface area contributed by atoms with Gasteiger partial charge in [-0.2, -0.15) is 0 Å². The van der Waals surface area contributed by atoms with Crippen molar-refractivity contribution in [2.45, 2.75) is 19.0 Å². The quantitative estimate of drug-likeness (QED) is 0.787. The normalized spacial score (nSPS) is 12.5. The zero-order valence-corrected chi connectivity index (χ0v) is 10.4. The van der Waals surface area contributed by atoms with Gasteiger partial charge in [-0.3, -0.25) is 4.79 Å². The first kappa shape index (κ1) is 15.5. The summed E-state index contributed by atoms with van der Waals surface area (Å²) in [6.07, 6.45) is -5.28. The van der Waals surface area contributed by atoms with Crippen molar-refractivity contribution in [2.75, 3.05) is 5.88 Å². The van der Waals surface area contributed by atoms with Crippen LogP contribution in [0.3, 0.4) is 0 Å². The van der Waals surface area contributed by atoms with Crippen molar-refractivity contribution in [2.24, 2.45) is 0 Å². The number of hydrogen-bond donors (Lipinski definition) is 2. The van der Waals surface area contributed by atoms with Gasteiger partial charge in [-0.15, -0.1) is 11.6 Å². The van der Waals surface area contributed by atoms with Crippen LogP contribution in [0.1, 0.15) is 29.2 Å². The van der Waals surface area contributed by atoms with Gasteiger partial charge in [0.15, 0.2) is 11.9 Å². The van der Waals surface area contributed by atoms with Gasteiger partial charge < -0.3 is 10.2 Å². The zero-order valence-electron chi connectivity index (χ0n) is 9.65. The monoisotopic (exact) mass is 292 g/mol. The summed E-state index contributed by atoms with van der Waals surface area (Å²) in [6.45, 7) is 0. The van der Waals surface area contributed by atoms with Gasteiger partial charge in [0.25, 0.3) is 6.43 Å². The van der Waals surface area contributed by atoms with E-state index in [2.05, 4.69) is 0 Å². The fourth-order valence-electron chi connectivity index (χ4n) is 1.67. The Bertz CT molecular complexity index is 491. The van der Waals surface area contributed by atoms with E-state index in [-0.39, 0.29) is 17.0 Å². The molecule has 0 aliphatic heterocycles. The molecule has 0 amide bonds. The molecule has 1 aromatic carbocycles. The van der Waals surface area contributed by atoms with E-state index < -0.39 is 36.3 Å². The van der Waals surface area contributed by atoms with Gasteiger partial charge in [-0.1, -0.05) is 18.2 Å². The molecule has 0 saturated heterocycles. The van der Waals surface area contributed by atoms with Crippen LogP contribution in [0.2, 0.25) is 0 Å². The number of carboxylic acids is 1. The largest absolute Gasteiger partial charge is 0.479 e. The molecule has 0 heterocycles. The Hall–Kier alpha value is -1.53. The highest BCUT2D eigenvalue weighted by Gasteiger charge is 2.25. The number of alkyl halides is 3. The molecule has 1 rings (SSSR count). The van der Waals surface area contributed by atoms with Gasteiger partial charge in [-0.05, 0) is 11.1 Å². The van der Waals surface area contributed by atoms with Crippen molar-refractivity contribution in [3.05, 3.63) is 34.9 Å². The predicted octanol–water partition coefficient (Wildman–Crippen LogP) is 2.09. The third-order valence-electron chi connectivity index (χ3n) is 2.54. The van der Waals surface area contributed by atoms with Gasteiger partial charge in [0.1, 0.15) is 0 Å². The number of ketones is 1. The lowest BCUT2D eigenvalue weighted by Crippen LogP contribution is -2.16. The van der Waals surface area contributed by atoms with E-state index >= 15 is 0 Å². The van der Waals surface area contributed by atoms with E-state index in [9.17, 15) is 23.5 Å². The van der Waals surface area contributed by atoms with Crippen LogP contribution < -0.4 is 0 Å². The molecular formula is C12H11ClF2O4. The summed E-state index contributed by atoms with van der Waals surface area (Å²) in [6, 6.07) is 3.48. The highest BCUT2D eigenvalue weighted by Crippen LogP contribution is 2.29. The smallest absolute Gasteiger partial charge is 0.337 e. The number of hydrogen-bond acceptors (Lipinski definition) is 3. The molecule has 2 N–H and O–H groups in total. The molecule has 0 aliphatic carbocycles. The number of Topliss-reactive ketones (excluding diaryl/α,β-unsaturated/α-hetero) is 1. The number of aliphatic hydroxyl groups is 1. The molecule has 1 unspecified atom stereocenters. The standard InChI is InChI=1S/C12H11ClF2O4/c13-5-6(16)4-9-7(10(17)12(18)19)2-1-3-8(9)11(14)15/h1-3,10-11,17H,4-5H2,(H,18,19). The molecule has 104 valence electrons. The Morgan fingerprint density at radius 2 is 1.84 bits per heavy atom. The summed E-state index contributed by atoms with van der Waals surface area (Å²) in [5.41, 5.74) is -0.877. The van der Waals surface area contributed by atoms with E-state index in [0.29, 0.717) is 0 Å². The first-order valence-corrected chi connectivity index (χ1v) is 5.80. The second-order valence-corrected chi connectivity index (χ2v) is 4.07. The molecular weight excluding hydrogens is 282 g/mol. The van der Waals surface area contributed by atoms with E-state index in [0.717, 1.165) is 6.07 Å². The van der Waals surface area contributed by atoms with Crippen LogP contribution in [-0.4, -0.2) is 27.8 Å². The molecule has 19 heavy (non-hydrogen) atoms. The molecule has 1 atom stereocenters. The Morgan fingerprint density at radius 3 is 2.32 bits per heavy atom. The van der Waals surface area contributed by atoms with E-state index in [1.807, 2.05) is 0 Å². The van der Waals surface area contributed by atoms with Crippen molar-refractivity contribution < 1.29 is 28.6 Å². The number of carbonyl (C=O) groups excluding carboxylic acids is 1. The maximum absolute atomic E-state index is 12.9. The lowest BCUT2D eigenvalue weighted by molar-refractivity contribution is -0.147. The molecule has 0 fully saturated rings. The van der Waals surface area contributed by atoms with Crippen LogP contribution >= 0.6 is 11.6 Å². The molecule has 0 radical (unpaired) electrons. The number of halogens is 3. The average Bonchev–Trinajstić information content (AvgIpc) is 2.37. The Labute approximate surface area is 112 Å². The van der Waals surface area contributed by atoms with Crippen molar-refractivity contribution in [1.29, 1.82) is 0 Å². The van der Waals surface area contributed by atoms with E-state index in [1.165, 1.54) is 12.1 Å². The van der Waals surface area contributed by atoms with Gasteiger partial charge >= 0.3 is 5.97 Å². The number of benzene rings is 1. The third kappa shape index (κ3) is 3.71. The molecule has 0 saturated carbocycles. The first-order chi connectivity index (χ1) is 8.88. The van der Waals surface area contributed by atoms with Gasteiger partial charge in [0, 0.05) is 12.0 Å². The van der Waals surface area contributed by atoms with Crippen molar-refractivity contribution in [1.82, 2.24) is 0 Å². The third-order valence-corrected chi connectivity index (χ3v) is 2.83. The summed E-state index contributed by atoms with van der Waals surface area (Å²) in [5.74, 6) is -2.49. The summed E-state index contributed by atoms with van der Waals surface area (Å²) in [5, 5.41) is 18.2. The maximum atomic E-state index is 12.9. The fraction of sp³-hybridized carbons (Fsp3) is 0.333. The molecule has 1 aromatic rings. The van der Waals surface area contributed by atoms with Gasteiger partial charge in [0.05, 0.1) is 5.88 Å². The molecule has 0 spiro atoms. The van der Waals surface area contributed by atoms with Gasteiger partial charge in [0.2, 0.25) is 0 Å². The number of rotatable bonds is 6. The SMILES string of the molecule is O=C(CCl)Cc1c(C(F)F)cccc1C(O)C(=O)O. The lowest BCUT2D eigenvalue weighted by Gasteiger charge is -2.15. The van der Waals surface area contributed by atoms with Crippen LogP contribution in [0.4, 0.5) is 8.78 Å². The number of carbonyl (C=O) groups is 2. The summed E-state index contributed by atoms with van der Waals surface area (Å²) < 4.78 is 25.7. The highest BCUT2D eigenvalue weighted by molar-refractivity contribution is 6.27. The maximum Gasteiger partial charge on any atom is 0.337 e. The Morgan fingerprint density at radius 1 is 1.26 bits per heavy atom. The van der Waals surface area contributed by atoms with Crippen molar-refractivity contribution in [3.8, 4) is 0 Å². The second-order valence-electron chi connectivity index (χ2n) is 3.81. The molecule has 0 aromatic heterocycles. The minimum Gasteiger partial charge on any atom is -0.479 e. The zero-order chi connectivity index (χ0) is 14.6. The van der Waals surface area contributed by atoms with E-state index in [1.54, 1.807) is 0 Å². The predicted molar refractivity (Wildman–Crippen MR) is 63.4 cm³/mol. The number of aliphatic carboxylic acids is 1. The lowest BCUT2D eigenvalue weighted by atomic mass is 9.93. The van der Waals surface area contributed by atoms with Crippen LogP contribution in [0.15, 0.2) is 18.2 Å². The van der Waals surface area contributed by atoms with Crippen LogP contribution in [0.5, 0.6) is 0 Å².